The van der Waals surface area contributed by atoms with Gasteiger partial charge in [0.1, 0.15) is 34.6 Å². The van der Waals surface area contributed by atoms with Gasteiger partial charge in [0.2, 0.25) is 5.88 Å². The van der Waals surface area contributed by atoms with Crippen molar-refractivity contribution in [3.8, 4) is 29.1 Å². The van der Waals surface area contributed by atoms with Crippen molar-refractivity contribution >= 4 is 5.97 Å². The Bertz CT molecular complexity index is 1390. The average molecular weight is 555 g/mol. The summed E-state index contributed by atoms with van der Waals surface area (Å²) in [6.45, 7) is 6.60. The number of carbonyl (C=O) groups excluding carboxylic acids is 1. The van der Waals surface area contributed by atoms with Gasteiger partial charge in [0.15, 0.2) is 6.10 Å². The maximum atomic E-state index is 12.8. The lowest BCUT2D eigenvalue weighted by atomic mass is 9.83. The highest BCUT2D eigenvalue weighted by Crippen LogP contribution is 2.43. The Morgan fingerprint density at radius 1 is 0.951 bits per heavy atom. The van der Waals surface area contributed by atoms with Crippen molar-refractivity contribution in [3.05, 3.63) is 94.9 Å². The highest BCUT2D eigenvalue weighted by Gasteiger charge is 2.31. The Morgan fingerprint density at radius 2 is 1.63 bits per heavy atom. The third kappa shape index (κ3) is 7.61. The van der Waals surface area contributed by atoms with Crippen molar-refractivity contribution in [3.63, 3.8) is 0 Å². The molecule has 0 amide bonds. The maximum Gasteiger partial charge on any atom is 0.352 e. The van der Waals surface area contributed by atoms with Gasteiger partial charge in [-0.25, -0.2) is 4.79 Å². The fourth-order valence-electron chi connectivity index (χ4n) is 4.75. The van der Waals surface area contributed by atoms with E-state index in [0.29, 0.717) is 29.4 Å². The summed E-state index contributed by atoms with van der Waals surface area (Å²) in [5.74, 6) is 1.14. The standard InChI is InChI=1S/C34H38N2O5/c1-4-6-7-8-9-20-38-26-16-12-25(13-17-26)32-29-19-18-28(21-31(29)41-33(36)30(32)22-35)40-34(37)23(3)39-27-14-10-24(5-2)11-15-27/h10-19,21,23,32H,4-9,20,36H2,1-3H3. The number of nitrogens with zero attached hydrogens (tertiary/aromatic N) is 1. The van der Waals surface area contributed by atoms with Crippen molar-refractivity contribution in [2.24, 2.45) is 5.73 Å². The summed E-state index contributed by atoms with van der Waals surface area (Å²) < 4.78 is 23.0. The van der Waals surface area contributed by atoms with E-state index < -0.39 is 18.0 Å². The van der Waals surface area contributed by atoms with Crippen LogP contribution in [-0.2, 0) is 11.2 Å². The van der Waals surface area contributed by atoms with Gasteiger partial charge >= 0.3 is 5.97 Å². The summed E-state index contributed by atoms with van der Waals surface area (Å²) in [7, 11) is 0. The van der Waals surface area contributed by atoms with E-state index >= 15 is 0 Å². The van der Waals surface area contributed by atoms with Crippen molar-refractivity contribution in [1.29, 1.82) is 5.26 Å². The second-order valence-corrected chi connectivity index (χ2v) is 10.1. The summed E-state index contributed by atoms with van der Waals surface area (Å²) >= 11 is 0. The predicted octanol–water partition coefficient (Wildman–Crippen LogP) is 7.19. The number of esters is 1. The minimum absolute atomic E-state index is 0.0214. The maximum absolute atomic E-state index is 12.8. The smallest absolute Gasteiger partial charge is 0.352 e. The van der Waals surface area contributed by atoms with E-state index in [0.717, 1.165) is 36.1 Å². The van der Waals surface area contributed by atoms with Crippen LogP contribution in [0.5, 0.6) is 23.0 Å². The largest absolute Gasteiger partial charge is 0.494 e. The number of ether oxygens (including phenoxy) is 4. The summed E-state index contributed by atoms with van der Waals surface area (Å²) in [4.78, 5) is 12.8. The molecule has 0 aromatic heterocycles. The number of unbranched alkanes of at least 4 members (excludes halogenated alkanes) is 4. The van der Waals surface area contributed by atoms with Gasteiger partial charge in [-0.3, -0.25) is 0 Å². The average Bonchev–Trinajstić information content (AvgIpc) is 2.99. The second kappa shape index (κ2) is 14.3. The summed E-state index contributed by atoms with van der Waals surface area (Å²) in [5, 5.41) is 9.89. The third-order valence-electron chi connectivity index (χ3n) is 7.12. The number of aryl methyl sites for hydroxylation is 1. The summed E-state index contributed by atoms with van der Waals surface area (Å²) in [6.07, 6.45) is 6.00. The zero-order valence-corrected chi connectivity index (χ0v) is 24.0. The minimum Gasteiger partial charge on any atom is -0.494 e. The number of fused-ring (bicyclic) bond motifs is 1. The number of nitrogens with two attached hydrogens (primary N) is 1. The molecule has 7 heteroatoms. The Balaban J connectivity index is 1.44. The first kappa shape index (κ1) is 29.5. The number of hydrogen-bond donors (Lipinski definition) is 1. The van der Waals surface area contributed by atoms with E-state index in [1.54, 1.807) is 25.1 Å². The van der Waals surface area contributed by atoms with Crippen LogP contribution in [0.15, 0.2) is 78.2 Å². The van der Waals surface area contributed by atoms with Crippen LogP contribution in [0.1, 0.15) is 75.5 Å². The van der Waals surface area contributed by atoms with Crippen LogP contribution in [0, 0.1) is 11.3 Å². The highest BCUT2D eigenvalue weighted by molar-refractivity contribution is 5.77. The van der Waals surface area contributed by atoms with E-state index in [-0.39, 0.29) is 5.88 Å². The molecule has 0 spiro atoms. The molecule has 2 atom stereocenters. The molecule has 0 aliphatic carbocycles. The minimum atomic E-state index is -0.820. The first-order chi connectivity index (χ1) is 19.9. The molecule has 3 aromatic rings. The number of hydrogen-bond acceptors (Lipinski definition) is 7. The van der Waals surface area contributed by atoms with Crippen LogP contribution >= 0.6 is 0 Å². The van der Waals surface area contributed by atoms with Gasteiger partial charge in [-0.05, 0) is 61.2 Å². The molecule has 0 radical (unpaired) electrons. The second-order valence-electron chi connectivity index (χ2n) is 10.1. The van der Waals surface area contributed by atoms with Crippen molar-refractivity contribution in [2.75, 3.05) is 6.61 Å². The molecule has 2 unspecified atom stereocenters. The zero-order chi connectivity index (χ0) is 29.2. The van der Waals surface area contributed by atoms with Gasteiger partial charge in [-0.15, -0.1) is 0 Å². The van der Waals surface area contributed by atoms with Crippen molar-refractivity contribution in [1.82, 2.24) is 0 Å². The van der Waals surface area contributed by atoms with Gasteiger partial charge in [0.05, 0.1) is 12.5 Å². The predicted molar refractivity (Wildman–Crippen MR) is 158 cm³/mol. The van der Waals surface area contributed by atoms with E-state index in [4.69, 9.17) is 24.7 Å². The van der Waals surface area contributed by atoms with Crippen LogP contribution in [0.3, 0.4) is 0 Å². The van der Waals surface area contributed by atoms with Gasteiger partial charge < -0.3 is 24.7 Å². The molecule has 1 aliphatic rings. The Labute approximate surface area is 242 Å². The van der Waals surface area contributed by atoms with E-state index in [2.05, 4.69) is 19.9 Å². The fraction of sp³-hybridized carbons (Fsp3) is 0.353. The zero-order valence-electron chi connectivity index (χ0n) is 24.0. The fourth-order valence-corrected chi connectivity index (χ4v) is 4.75. The lowest BCUT2D eigenvalue weighted by Crippen LogP contribution is -2.28. The SMILES string of the molecule is CCCCCCCOc1ccc(C2C(C#N)=C(N)Oc3cc(OC(=O)C(C)Oc4ccc(CC)cc4)ccc32)cc1. The third-order valence-corrected chi connectivity index (χ3v) is 7.12. The summed E-state index contributed by atoms with van der Waals surface area (Å²) in [6, 6.07) is 22.6. The molecule has 7 nitrogen and oxygen atoms in total. The van der Waals surface area contributed by atoms with Gasteiger partial charge in [0, 0.05) is 11.6 Å². The number of allylic oxidation sites excluding steroid dienone is 1. The Hall–Kier alpha value is -4.44. The molecular weight excluding hydrogens is 516 g/mol. The summed E-state index contributed by atoms with van der Waals surface area (Å²) in [5.41, 5.74) is 9.30. The molecule has 0 fully saturated rings. The molecular formula is C34H38N2O5. The van der Waals surface area contributed by atoms with Gasteiger partial charge in [-0.1, -0.05) is 69.9 Å². The molecule has 0 saturated heterocycles. The molecule has 2 N–H and O–H groups in total. The number of rotatable bonds is 13. The van der Waals surface area contributed by atoms with Crippen LogP contribution in [0.25, 0.3) is 0 Å². The van der Waals surface area contributed by atoms with Crippen LogP contribution in [0.4, 0.5) is 0 Å². The monoisotopic (exact) mass is 554 g/mol. The van der Waals surface area contributed by atoms with E-state index in [1.165, 1.54) is 24.8 Å². The molecule has 1 aliphatic heterocycles. The molecule has 214 valence electrons. The normalized spacial score (nSPS) is 14.8. The van der Waals surface area contributed by atoms with Crippen LogP contribution in [-0.4, -0.2) is 18.7 Å². The van der Waals surface area contributed by atoms with Crippen LogP contribution < -0.4 is 24.7 Å². The molecule has 3 aromatic carbocycles. The molecule has 0 bridgehead atoms. The van der Waals surface area contributed by atoms with Crippen molar-refractivity contribution < 1.29 is 23.7 Å². The first-order valence-electron chi connectivity index (χ1n) is 14.3. The molecule has 41 heavy (non-hydrogen) atoms. The number of carbonyl (C=O) groups is 1. The Kier molecular flexibility index (Phi) is 10.3. The topological polar surface area (TPSA) is 104 Å². The lowest BCUT2D eigenvalue weighted by molar-refractivity contribution is -0.141. The first-order valence-corrected chi connectivity index (χ1v) is 14.3. The Morgan fingerprint density at radius 3 is 2.32 bits per heavy atom. The van der Waals surface area contributed by atoms with Gasteiger partial charge in [-0.2, -0.15) is 5.26 Å². The lowest BCUT2D eigenvalue weighted by Gasteiger charge is -2.27. The van der Waals surface area contributed by atoms with Crippen LogP contribution in [0.2, 0.25) is 0 Å². The van der Waals surface area contributed by atoms with E-state index in [9.17, 15) is 10.1 Å². The molecule has 0 saturated carbocycles. The van der Waals surface area contributed by atoms with E-state index in [1.807, 2.05) is 48.5 Å². The number of nitriles is 1. The number of benzene rings is 3. The molecule has 1 heterocycles. The van der Waals surface area contributed by atoms with Gasteiger partial charge in [0.25, 0.3) is 0 Å². The van der Waals surface area contributed by atoms with Crippen molar-refractivity contribution in [2.45, 2.75) is 71.3 Å². The molecule has 4 rings (SSSR count). The quantitative estimate of drug-likeness (QED) is 0.135. The highest BCUT2D eigenvalue weighted by atomic mass is 16.6.